The van der Waals surface area contributed by atoms with Gasteiger partial charge in [-0.1, -0.05) is 30.3 Å². The molecule has 0 saturated heterocycles. The minimum Gasteiger partial charge on any atom is -0.347 e. The number of hydrogen-bond donors (Lipinski definition) is 1. The maximum absolute atomic E-state index is 12.9. The summed E-state index contributed by atoms with van der Waals surface area (Å²) in [6, 6.07) is 8.15. The Hall–Kier alpha value is -2.31. The summed E-state index contributed by atoms with van der Waals surface area (Å²) < 4.78 is 40.1. The van der Waals surface area contributed by atoms with E-state index in [1.807, 2.05) is 6.07 Å². The van der Waals surface area contributed by atoms with Gasteiger partial charge in [-0.3, -0.25) is 9.48 Å². The maximum atomic E-state index is 12.9. The van der Waals surface area contributed by atoms with Crippen molar-refractivity contribution in [2.24, 2.45) is 0 Å². The van der Waals surface area contributed by atoms with Crippen LogP contribution in [0.2, 0.25) is 0 Å². The highest BCUT2D eigenvalue weighted by Crippen LogP contribution is 2.30. The number of carbonyl (C=O) groups excluding carboxylic acids is 1. The van der Waals surface area contributed by atoms with E-state index in [0.717, 1.165) is 11.4 Å². The van der Waals surface area contributed by atoms with Crippen LogP contribution in [-0.2, 0) is 4.79 Å². The van der Waals surface area contributed by atoms with Gasteiger partial charge in [0.05, 0.1) is 18.2 Å². The van der Waals surface area contributed by atoms with E-state index in [1.54, 1.807) is 51.1 Å². The van der Waals surface area contributed by atoms with Crippen molar-refractivity contribution in [3.63, 3.8) is 0 Å². The first-order valence-corrected chi connectivity index (χ1v) is 7.62. The number of carbonyl (C=O) groups is 1. The zero-order chi connectivity index (χ0) is 17.9. The van der Waals surface area contributed by atoms with Crippen molar-refractivity contribution in [2.75, 3.05) is 0 Å². The third-order valence-electron chi connectivity index (χ3n) is 3.74. The minimum atomic E-state index is -4.38. The smallest absolute Gasteiger partial charge is 0.347 e. The Kier molecular flexibility index (Phi) is 5.31. The molecule has 1 heterocycles. The molecule has 2 atom stereocenters. The van der Waals surface area contributed by atoms with Crippen molar-refractivity contribution in [2.45, 2.75) is 45.5 Å². The molecular formula is C17H20F3N3O. The zero-order valence-electron chi connectivity index (χ0n) is 13.8. The fraction of sp³-hybridized carbons (Fsp3) is 0.412. The van der Waals surface area contributed by atoms with Crippen LogP contribution < -0.4 is 5.32 Å². The van der Waals surface area contributed by atoms with E-state index in [1.165, 1.54) is 4.68 Å². The monoisotopic (exact) mass is 339 g/mol. The van der Waals surface area contributed by atoms with Crippen LogP contribution in [0.15, 0.2) is 36.4 Å². The molecule has 0 spiro atoms. The lowest BCUT2D eigenvalue weighted by Crippen LogP contribution is -2.36. The molecule has 0 bridgehead atoms. The molecule has 1 aromatic heterocycles. The van der Waals surface area contributed by atoms with E-state index < -0.39 is 30.6 Å². The molecule has 0 saturated carbocycles. The second-order valence-electron chi connectivity index (χ2n) is 5.84. The summed E-state index contributed by atoms with van der Waals surface area (Å²) in [5.41, 5.74) is 1.95. The lowest BCUT2D eigenvalue weighted by molar-refractivity contribution is -0.143. The van der Waals surface area contributed by atoms with Gasteiger partial charge in [-0.15, -0.1) is 0 Å². The molecule has 0 aliphatic rings. The van der Waals surface area contributed by atoms with Crippen LogP contribution in [0.3, 0.4) is 0 Å². The predicted octanol–water partition coefficient (Wildman–Crippen LogP) is 3.87. The van der Waals surface area contributed by atoms with Crippen LogP contribution in [-0.4, -0.2) is 21.9 Å². The fourth-order valence-electron chi connectivity index (χ4n) is 2.61. The van der Waals surface area contributed by atoms with Crippen molar-refractivity contribution in [3.8, 4) is 0 Å². The van der Waals surface area contributed by atoms with Gasteiger partial charge in [-0.05, 0) is 32.4 Å². The quantitative estimate of drug-likeness (QED) is 0.899. The molecule has 0 fully saturated rings. The Morgan fingerprint density at radius 1 is 1.25 bits per heavy atom. The normalized spacial score (nSPS) is 14.2. The predicted molar refractivity (Wildman–Crippen MR) is 84.4 cm³/mol. The lowest BCUT2D eigenvalue weighted by Gasteiger charge is -2.23. The van der Waals surface area contributed by atoms with Crippen molar-refractivity contribution in [1.82, 2.24) is 15.1 Å². The number of nitrogens with one attached hydrogen (secondary N) is 1. The van der Waals surface area contributed by atoms with Gasteiger partial charge in [-0.25, -0.2) is 0 Å². The molecule has 4 nitrogen and oxygen atoms in total. The number of rotatable bonds is 5. The largest absolute Gasteiger partial charge is 0.391 e. The van der Waals surface area contributed by atoms with Gasteiger partial charge in [0.15, 0.2) is 0 Å². The number of hydrogen-bond acceptors (Lipinski definition) is 2. The third kappa shape index (κ3) is 4.59. The molecule has 2 aromatic rings. The summed E-state index contributed by atoms with van der Waals surface area (Å²) >= 11 is 0. The summed E-state index contributed by atoms with van der Waals surface area (Å²) in [4.78, 5) is 12.4. The average Bonchev–Trinajstić information content (AvgIpc) is 2.84. The molecule has 24 heavy (non-hydrogen) atoms. The number of benzene rings is 1. The topological polar surface area (TPSA) is 46.9 Å². The standard InChI is InChI=1S/C17H20F3N3O/c1-11-9-12(2)23(22-11)13(3)16(24)21-15(10-17(18,19)20)14-7-5-4-6-8-14/h4-9,13,15H,10H2,1-3H3,(H,21,24)/t13-,15-/m1/s1. The van der Waals surface area contributed by atoms with Crippen LogP contribution in [0.4, 0.5) is 13.2 Å². The molecule has 0 radical (unpaired) electrons. The SMILES string of the molecule is Cc1cc(C)n([C@H](C)C(=O)N[C@H](CC(F)(F)F)c2ccccc2)n1. The van der Waals surface area contributed by atoms with Crippen LogP contribution in [0.1, 0.15) is 42.4 Å². The Bertz CT molecular complexity index is 695. The van der Waals surface area contributed by atoms with E-state index in [-0.39, 0.29) is 0 Å². The van der Waals surface area contributed by atoms with Crippen molar-refractivity contribution in [3.05, 3.63) is 53.3 Å². The molecule has 1 amide bonds. The highest BCUT2D eigenvalue weighted by atomic mass is 19.4. The Morgan fingerprint density at radius 3 is 2.38 bits per heavy atom. The summed E-state index contributed by atoms with van der Waals surface area (Å²) in [5, 5.41) is 6.72. The van der Waals surface area contributed by atoms with Crippen molar-refractivity contribution >= 4 is 5.91 Å². The van der Waals surface area contributed by atoms with E-state index in [0.29, 0.717) is 5.56 Å². The number of aryl methyl sites for hydroxylation is 2. The third-order valence-corrected chi connectivity index (χ3v) is 3.74. The summed E-state index contributed by atoms with van der Waals surface area (Å²) in [6.07, 6.45) is -5.50. The van der Waals surface area contributed by atoms with Gasteiger partial charge in [0.2, 0.25) is 5.91 Å². The molecule has 2 rings (SSSR count). The van der Waals surface area contributed by atoms with Gasteiger partial charge in [0.1, 0.15) is 6.04 Å². The second kappa shape index (κ2) is 7.07. The maximum Gasteiger partial charge on any atom is 0.391 e. The second-order valence-corrected chi connectivity index (χ2v) is 5.84. The Labute approximate surface area is 138 Å². The first-order chi connectivity index (χ1) is 11.2. The molecule has 0 unspecified atom stereocenters. The number of aromatic nitrogens is 2. The number of amides is 1. The molecule has 1 aromatic carbocycles. The van der Waals surface area contributed by atoms with E-state index in [4.69, 9.17) is 0 Å². The van der Waals surface area contributed by atoms with Crippen molar-refractivity contribution < 1.29 is 18.0 Å². The van der Waals surface area contributed by atoms with Crippen molar-refractivity contribution in [1.29, 1.82) is 0 Å². The van der Waals surface area contributed by atoms with Gasteiger partial charge in [-0.2, -0.15) is 18.3 Å². The highest BCUT2D eigenvalue weighted by molar-refractivity contribution is 5.80. The summed E-state index contributed by atoms with van der Waals surface area (Å²) in [7, 11) is 0. The fourth-order valence-corrected chi connectivity index (χ4v) is 2.61. The minimum absolute atomic E-state index is 0.420. The number of nitrogens with zero attached hydrogens (tertiary/aromatic N) is 2. The van der Waals surface area contributed by atoms with E-state index in [2.05, 4.69) is 10.4 Å². The first-order valence-electron chi connectivity index (χ1n) is 7.62. The Balaban J connectivity index is 2.19. The van der Waals surface area contributed by atoms with Gasteiger partial charge >= 0.3 is 6.18 Å². The van der Waals surface area contributed by atoms with Gasteiger partial charge < -0.3 is 5.32 Å². The molecule has 0 aliphatic heterocycles. The van der Waals surface area contributed by atoms with Crippen LogP contribution in [0.5, 0.6) is 0 Å². The van der Waals surface area contributed by atoms with Crippen LogP contribution in [0.25, 0.3) is 0 Å². The molecule has 7 heteroatoms. The van der Waals surface area contributed by atoms with Gasteiger partial charge in [0.25, 0.3) is 0 Å². The van der Waals surface area contributed by atoms with Crippen LogP contribution in [0, 0.1) is 13.8 Å². The lowest BCUT2D eigenvalue weighted by atomic mass is 10.0. The van der Waals surface area contributed by atoms with Gasteiger partial charge in [0, 0.05) is 5.69 Å². The first kappa shape index (κ1) is 18.0. The average molecular weight is 339 g/mol. The molecule has 130 valence electrons. The zero-order valence-corrected chi connectivity index (χ0v) is 13.8. The highest BCUT2D eigenvalue weighted by Gasteiger charge is 2.34. The van der Waals surface area contributed by atoms with E-state index >= 15 is 0 Å². The van der Waals surface area contributed by atoms with E-state index in [9.17, 15) is 18.0 Å². The number of alkyl halides is 3. The number of halogens is 3. The Morgan fingerprint density at radius 2 is 1.88 bits per heavy atom. The summed E-state index contributed by atoms with van der Waals surface area (Å²) in [5.74, 6) is -0.501. The molecule has 0 aliphatic carbocycles. The molecule has 1 N–H and O–H groups in total. The summed E-state index contributed by atoms with van der Waals surface area (Å²) in [6.45, 7) is 5.21. The van der Waals surface area contributed by atoms with Crippen LogP contribution >= 0.6 is 0 Å². The molecular weight excluding hydrogens is 319 g/mol.